The summed E-state index contributed by atoms with van der Waals surface area (Å²) in [6.45, 7) is 1.09. The third-order valence-electron chi connectivity index (χ3n) is 8.58. The average Bonchev–Trinajstić information content (AvgIpc) is 3.53. The first-order valence-electron chi connectivity index (χ1n) is 17.2. The molecule has 0 aliphatic carbocycles. The van der Waals surface area contributed by atoms with Crippen molar-refractivity contribution >= 4 is 29.8 Å². The van der Waals surface area contributed by atoms with Crippen LogP contribution in [-0.2, 0) is 14.3 Å². The Morgan fingerprint density at radius 2 is 1.53 bits per heavy atom. The number of nitrogens with one attached hydrogen (secondary N) is 2. The molecule has 7 atom stereocenters. The van der Waals surface area contributed by atoms with Crippen LogP contribution in [0.4, 0.5) is 0 Å². The zero-order valence-corrected chi connectivity index (χ0v) is 29.5. The summed E-state index contributed by atoms with van der Waals surface area (Å²) in [5.41, 5.74) is 23.2. The van der Waals surface area contributed by atoms with E-state index in [2.05, 4.69) is 20.6 Å². The first-order chi connectivity index (χ1) is 25.4. The number of nitrogens with zero attached hydrogens (tertiary/aromatic N) is 2. The second-order valence-corrected chi connectivity index (χ2v) is 12.5. The molecule has 2 aliphatic heterocycles. The van der Waals surface area contributed by atoms with E-state index in [1.807, 2.05) is 0 Å². The lowest BCUT2D eigenvalue weighted by atomic mass is 9.89. The Morgan fingerprint density at radius 3 is 2.13 bits per heavy atom. The Kier molecular flexibility index (Phi) is 15.0. The summed E-state index contributed by atoms with van der Waals surface area (Å²) in [4.78, 5) is 34.3. The summed E-state index contributed by atoms with van der Waals surface area (Å²) in [5, 5.41) is 45.9. The number of unbranched alkanes of at least 4 members (excludes halogenated alkanes) is 2. The number of hydrogen-bond acceptors (Lipinski definition) is 12. The molecule has 1 saturated heterocycles. The standard InChI is InChI=1S/C35H50N8O10/c1-50-23-17-19(6-11-25(45)40-12-2-4-14-42-34(36)37)16-22-26(32(49)41-13-3-5-15-43-35(38)39)30(53-31(22)23)20-7-9-21(10-8-20)51-33-29(48)28(47)27(46)24(18-44)52-33/h6-11,16-17,24,26-30,33,44,46-48H,2-5,12-15,18H2,1H3,(H,40,45)(H,41,49)(H4,36,37,42)(H4,38,39,43)/b11-6-. The second kappa shape index (κ2) is 19.6. The number of methoxy groups -OCH3 is 1. The van der Waals surface area contributed by atoms with Gasteiger partial charge in [0, 0.05) is 37.8 Å². The number of nitrogens with two attached hydrogens (primary N) is 4. The predicted octanol–water partition coefficient (Wildman–Crippen LogP) is -1.56. The van der Waals surface area contributed by atoms with Crippen molar-refractivity contribution in [3.63, 3.8) is 0 Å². The highest BCUT2D eigenvalue weighted by atomic mass is 16.7. The van der Waals surface area contributed by atoms with E-state index in [-0.39, 0.29) is 29.5 Å². The molecule has 18 heteroatoms. The Bertz CT molecular complexity index is 1610. The number of aliphatic hydroxyl groups is 4. The van der Waals surface area contributed by atoms with Gasteiger partial charge < -0.3 is 72.9 Å². The van der Waals surface area contributed by atoms with Crippen molar-refractivity contribution in [2.24, 2.45) is 32.9 Å². The maximum absolute atomic E-state index is 13.9. The lowest BCUT2D eigenvalue weighted by molar-refractivity contribution is -0.277. The molecule has 2 heterocycles. The molecule has 14 N–H and O–H groups in total. The Morgan fingerprint density at radius 1 is 0.887 bits per heavy atom. The van der Waals surface area contributed by atoms with E-state index in [9.17, 15) is 30.0 Å². The Labute approximate surface area is 306 Å². The molecule has 2 aromatic carbocycles. The van der Waals surface area contributed by atoms with Crippen molar-refractivity contribution < 1.29 is 49.0 Å². The molecule has 0 aromatic heterocycles. The maximum atomic E-state index is 13.9. The van der Waals surface area contributed by atoms with Gasteiger partial charge in [-0.05, 0) is 67.2 Å². The van der Waals surface area contributed by atoms with Gasteiger partial charge in [0.05, 0.1) is 13.7 Å². The van der Waals surface area contributed by atoms with Gasteiger partial charge >= 0.3 is 0 Å². The summed E-state index contributed by atoms with van der Waals surface area (Å²) >= 11 is 0. The minimum atomic E-state index is -1.60. The van der Waals surface area contributed by atoms with Crippen LogP contribution in [0.15, 0.2) is 52.5 Å². The molecule has 2 amide bonds. The van der Waals surface area contributed by atoms with E-state index in [4.69, 9.17) is 41.9 Å². The molecule has 0 spiro atoms. The van der Waals surface area contributed by atoms with Crippen molar-refractivity contribution in [2.75, 3.05) is 39.9 Å². The monoisotopic (exact) mass is 742 g/mol. The van der Waals surface area contributed by atoms with E-state index >= 15 is 0 Å². The van der Waals surface area contributed by atoms with Crippen molar-refractivity contribution in [1.82, 2.24) is 10.6 Å². The average molecular weight is 743 g/mol. The van der Waals surface area contributed by atoms with Crippen LogP contribution in [-0.4, -0.2) is 115 Å². The molecule has 0 bridgehead atoms. The number of aliphatic hydroxyl groups excluding tert-OH is 4. The topological polar surface area (TPSA) is 305 Å². The summed E-state index contributed by atoms with van der Waals surface area (Å²) in [7, 11) is 1.48. The fraction of sp³-hybridized carbons (Fsp3) is 0.486. The van der Waals surface area contributed by atoms with Crippen molar-refractivity contribution in [3.8, 4) is 17.2 Å². The molecular formula is C35H50N8O10. The molecule has 1 fully saturated rings. The highest BCUT2D eigenvalue weighted by Gasteiger charge is 2.45. The SMILES string of the molecule is COc1cc(/C=C\C(=O)NCCCCN=C(N)N)cc2c1OC(c1ccc(OC3OC(CO)C(O)C(O)C3O)cc1)C2C(=O)NCCCCN=C(N)N. The van der Waals surface area contributed by atoms with Crippen LogP contribution >= 0.6 is 0 Å². The van der Waals surface area contributed by atoms with Gasteiger partial charge in [-0.1, -0.05) is 12.1 Å². The molecule has 4 rings (SSSR count). The number of aliphatic imine (C=N–C) groups is 2. The third kappa shape index (κ3) is 11.2. The number of carbonyl (C=O) groups is 2. The van der Waals surface area contributed by atoms with Crippen LogP contribution in [0.5, 0.6) is 17.2 Å². The summed E-state index contributed by atoms with van der Waals surface area (Å²) in [6, 6.07) is 9.99. The number of rotatable bonds is 18. The van der Waals surface area contributed by atoms with Gasteiger partial charge in [0.1, 0.15) is 42.2 Å². The van der Waals surface area contributed by atoms with Gasteiger partial charge in [-0.2, -0.15) is 0 Å². The minimum Gasteiger partial charge on any atom is -0.493 e. The summed E-state index contributed by atoms with van der Waals surface area (Å²) in [6.07, 6.45) is -2.34. The molecular weight excluding hydrogens is 692 g/mol. The minimum absolute atomic E-state index is 0.00278. The van der Waals surface area contributed by atoms with E-state index in [1.54, 1.807) is 42.5 Å². The highest BCUT2D eigenvalue weighted by molar-refractivity contribution is 5.92. The molecule has 0 radical (unpaired) electrons. The molecule has 18 nitrogen and oxygen atoms in total. The smallest absolute Gasteiger partial charge is 0.243 e. The van der Waals surface area contributed by atoms with Crippen LogP contribution in [0, 0.1) is 0 Å². The zero-order valence-electron chi connectivity index (χ0n) is 29.5. The van der Waals surface area contributed by atoms with Gasteiger partial charge in [-0.3, -0.25) is 19.6 Å². The van der Waals surface area contributed by atoms with Gasteiger partial charge in [-0.15, -0.1) is 0 Å². The largest absolute Gasteiger partial charge is 0.493 e. The number of fused-ring (bicyclic) bond motifs is 1. The van der Waals surface area contributed by atoms with Gasteiger partial charge in [0.2, 0.25) is 18.1 Å². The van der Waals surface area contributed by atoms with E-state index in [1.165, 1.54) is 13.2 Å². The molecule has 53 heavy (non-hydrogen) atoms. The van der Waals surface area contributed by atoms with Gasteiger partial charge in [0.25, 0.3) is 0 Å². The van der Waals surface area contributed by atoms with Crippen LogP contribution in [0.2, 0.25) is 0 Å². The Hall–Kier alpha value is -5.14. The fourth-order valence-corrected chi connectivity index (χ4v) is 5.84. The van der Waals surface area contributed by atoms with Crippen LogP contribution < -0.4 is 47.8 Å². The molecule has 0 saturated carbocycles. The zero-order chi connectivity index (χ0) is 38.5. The number of amides is 2. The number of hydrogen-bond donors (Lipinski definition) is 10. The fourth-order valence-electron chi connectivity index (χ4n) is 5.84. The maximum Gasteiger partial charge on any atom is 0.243 e. The Balaban J connectivity index is 1.53. The first-order valence-corrected chi connectivity index (χ1v) is 17.2. The number of benzene rings is 2. The van der Waals surface area contributed by atoms with Crippen molar-refractivity contribution in [1.29, 1.82) is 0 Å². The summed E-state index contributed by atoms with van der Waals surface area (Å²) in [5.74, 6) is -0.446. The molecule has 2 aliphatic rings. The lowest BCUT2D eigenvalue weighted by Gasteiger charge is -2.39. The molecule has 2 aromatic rings. The van der Waals surface area contributed by atoms with E-state index in [0.29, 0.717) is 80.1 Å². The van der Waals surface area contributed by atoms with E-state index in [0.717, 1.165) is 0 Å². The number of guanidine groups is 2. The lowest BCUT2D eigenvalue weighted by Crippen LogP contribution is -2.60. The van der Waals surface area contributed by atoms with E-state index < -0.39 is 49.3 Å². The molecule has 290 valence electrons. The van der Waals surface area contributed by atoms with Gasteiger partial charge in [-0.25, -0.2) is 0 Å². The van der Waals surface area contributed by atoms with Crippen LogP contribution in [0.1, 0.15) is 54.4 Å². The normalized spacial score (nSPS) is 23.4. The third-order valence-corrected chi connectivity index (χ3v) is 8.58. The van der Waals surface area contributed by atoms with Gasteiger partial charge in [0.15, 0.2) is 23.4 Å². The van der Waals surface area contributed by atoms with Crippen LogP contribution in [0.3, 0.4) is 0 Å². The van der Waals surface area contributed by atoms with Crippen LogP contribution in [0.25, 0.3) is 6.08 Å². The number of carbonyl (C=O) groups excluding carboxylic acids is 2. The second-order valence-electron chi connectivity index (χ2n) is 12.5. The quantitative estimate of drug-likeness (QED) is 0.0358. The van der Waals surface area contributed by atoms with Crippen molar-refractivity contribution in [3.05, 3.63) is 59.2 Å². The molecule has 7 unspecified atom stereocenters. The summed E-state index contributed by atoms with van der Waals surface area (Å²) < 4.78 is 23.3. The van der Waals surface area contributed by atoms with Crippen molar-refractivity contribution in [2.45, 2.75) is 68.4 Å². The first kappa shape index (κ1) is 40.6. The number of ether oxygens (including phenoxy) is 4. The predicted molar refractivity (Wildman–Crippen MR) is 195 cm³/mol. The highest BCUT2D eigenvalue weighted by Crippen LogP contribution is 2.51.